The summed E-state index contributed by atoms with van der Waals surface area (Å²) in [4.78, 5) is 23.3. The quantitative estimate of drug-likeness (QED) is 0.548. The van der Waals surface area contributed by atoms with Gasteiger partial charge in [0, 0.05) is 12.1 Å². The number of fused-ring (bicyclic) bond motifs is 4. The first-order valence-electron chi connectivity index (χ1n) is 10.7. The van der Waals surface area contributed by atoms with E-state index in [1.807, 2.05) is 4.57 Å². The fourth-order valence-corrected chi connectivity index (χ4v) is 4.94. The van der Waals surface area contributed by atoms with Crippen LogP contribution in [0.1, 0.15) is 59.5 Å². The fraction of sp³-hybridized carbons (Fsp3) is 0.409. The number of carbonyl (C=O) groups excluding carboxylic acids is 1. The van der Waals surface area contributed by atoms with Crippen molar-refractivity contribution in [1.82, 2.24) is 29.6 Å². The lowest BCUT2D eigenvalue weighted by atomic mass is 9.89. The topological polar surface area (TPSA) is 76.8 Å². The van der Waals surface area contributed by atoms with Gasteiger partial charge in [-0.05, 0) is 43.4 Å². The molecule has 1 amide bonds. The van der Waals surface area contributed by atoms with Crippen LogP contribution in [0.25, 0.3) is 11.6 Å². The average Bonchev–Trinajstić information content (AvgIpc) is 3.21. The molecule has 0 N–H and O–H groups in total. The number of benzene rings is 1. The minimum atomic E-state index is -4.54. The van der Waals surface area contributed by atoms with E-state index >= 15 is 0 Å². The van der Waals surface area contributed by atoms with Gasteiger partial charge in [0.1, 0.15) is 0 Å². The molecule has 2 aliphatic rings. The van der Waals surface area contributed by atoms with Gasteiger partial charge < -0.3 is 9.47 Å². The number of rotatable bonds is 3. The fourth-order valence-electron chi connectivity index (χ4n) is 4.94. The van der Waals surface area contributed by atoms with Gasteiger partial charge in [0.05, 0.1) is 30.0 Å². The zero-order valence-corrected chi connectivity index (χ0v) is 17.7. The lowest BCUT2D eigenvalue weighted by Crippen LogP contribution is -2.52. The molecule has 172 valence electrons. The Hall–Kier alpha value is -3.37. The molecule has 5 rings (SSSR count). The SMILES string of the molecule is CCc1c(C(=O)N2C3CCCC2c2nnc(-c4ncc(F)cn4)n2C3)cccc1C(F)(F)F. The summed E-state index contributed by atoms with van der Waals surface area (Å²) in [5, 5.41) is 8.45. The maximum absolute atomic E-state index is 13.6. The second-order valence-electron chi connectivity index (χ2n) is 8.21. The van der Waals surface area contributed by atoms with Crippen LogP contribution in [0.4, 0.5) is 17.6 Å². The number of nitrogens with zero attached hydrogens (tertiary/aromatic N) is 6. The third-order valence-corrected chi connectivity index (χ3v) is 6.34. The van der Waals surface area contributed by atoms with Crippen LogP contribution in [0.2, 0.25) is 0 Å². The molecule has 33 heavy (non-hydrogen) atoms. The lowest BCUT2D eigenvalue weighted by Gasteiger charge is -2.46. The van der Waals surface area contributed by atoms with Crippen LogP contribution in [-0.4, -0.2) is 41.6 Å². The monoisotopic (exact) mass is 460 g/mol. The molecular formula is C22H20F4N6O. The highest BCUT2D eigenvalue weighted by atomic mass is 19.4. The minimum Gasteiger partial charge on any atom is -0.324 e. The van der Waals surface area contributed by atoms with E-state index in [-0.39, 0.29) is 29.4 Å². The Kier molecular flexibility index (Phi) is 5.13. The zero-order chi connectivity index (χ0) is 23.3. The molecule has 2 aromatic heterocycles. The number of aromatic nitrogens is 5. The predicted molar refractivity (Wildman–Crippen MR) is 108 cm³/mol. The molecular weight excluding hydrogens is 440 g/mol. The van der Waals surface area contributed by atoms with Crippen molar-refractivity contribution in [3.05, 3.63) is 58.9 Å². The van der Waals surface area contributed by atoms with Gasteiger partial charge in [-0.2, -0.15) is 13.2 Å². The van der Waals surface area contributed by atoms with Crippen LogP contribution in [0, 0.1) is 5.82 Å². The van der Waals surface area contributed by atoms with E-state index in [0.717, 1.165) is 24.9 Å². The van der Waals surface area contributed by atoms with Crippen molar-refractivity contribution < 1.29 is 22.4 Å². The van der Waals surface area contributed by atoms with Crippen LogP contribution in [0.3, 0.4) is 0 Å². The average molecular weight is 460 g/mol. The first-order valence-corrected chi connectivity index (χ1v) is 10.7. The van der Waals surface area contributed by atoms with Crippen molar-refractivity contribution in [2.24, 2.45) is 0 Å². The third kappa shape index (κ3) is 3.55. The molecule has 2 aliphatic heterocycles. The Morgan fingerprint density at radius 1 is 1.15 bits per heavy atom. The van der Waals surface area contributed by atoms with Gasteiger partial charge in [-0.25, -0.2) is 14.4 Å². The molecule has 4 heterocycles. The molecule has 1 aromatic carbocycles. The van der Waals surface area contributed by atoms with Gasteiger partial charge >= 0.3 is 6.18 Å². The van der Waals surface area contributed by atoms with Crippen LogP contribution in [0.5, 0.6) is 0 Å². The molecule has 0 saturated carbocycles. The molecule has 1 saturated heterocycles. The number of alkyl halides is 3. The van der Waals surface area contributed by atoms with E-state index in [9.17, 15) is 22.4 Å². The summed E-state index contributed by atoms with van der Waals surface area (Å²) in [6, 6.07) is 3.09. The van der Waals surface area contributed by atoms with E-state index < -0.39 is 29.5 Å². The number of halogens is 4. The molecule has 11 heteroatoms. The molecule has 2 atom stereocenters. The lowest BCUT2D eigenvalue weighted by molar-refractivity contribution is -0.138. The van der Waals surface area contributed by atoms with Crippen molar-refractivity contribution in [2.45, 2.75) is 57.4 Å². The van der Waals surface area contributed by atoms with Crippen molar-refractivity contribution in [1.29, 1.82) is 0 Å². The van der Waals surface area contributed by atoms with E-state index in [1.54, 1.807) is 11.8 Å². The van der Waals surface area contributed by atoms with Gasteiger partial charge in [0.25, 0.3) is 5.91 Å². The smallest absolute Gasteiger partial charge is 0.324 e. The van der Waals surface area contributed by atoms with E-state index in [0.29, 0.717) is 31.0 Å². The summed E-state index contributed by atoms with van der Waals surface area (Å²) in [5.74, 6) is 0.133. The molecule has 7 nitrogen and oxygen atoms in total. The summed E-state index contributed by atoms with van der Waals surface area (Å²) < 4.78 is 55.7. The normalized spacial score (nSPS) is 20.0. The highest BCUT2D eigenvalue weighted by Gasteiger charge is 2.44. The molecule has 0 spiro atoms. The summed E-state index contributed by atoms with van der Waals surface area (Å²) in [5.41, 5.74) is -0.711. The third-order valence-electron chi connectivity index (χ3n) is 6.34. The minimum absolute atomic E-state index is 0.000477. The highest BCUT2D eigenvalue weighted by Crippen LogP contribution is 2.42. The Labute approximate surface area is 186 Å². The van der Waals surface area contributed by atoms with Crippen LogP contribution in [-0.2, 0) is 19.1 Å². The second kappa shape index (κ2) is 7.89. The van der Waals surface area contributed by atoms with E-state index in [1.165, 1.54) is 12.1 Å². The van der Waals surface area contributed by atoms with Gasteiger partial charge in [0.15, 0.2) is 17.5 Å². The molecule has 2 unspecified atom stereocenters. The molecule has 3 aromatic rings. The molecule has 0 aliphatic carbocycles. The van der Waals surface area contributed by atoms with Crippen molar-refractivity contribution in [3.63, 3.8) is 0 Å². The summed E-state index contributed by atoms with van der Waals surface area (Å²) in [7, 11) is 0. The van der Waals surface area contributed by atoms with Crippen LogP contribution < -0.4 is 0 Å². The van der Waals surface area contributed by atoms with Crippen molar-refractivity contribution in [2.75, 3.05) is 0 Å². The number of carbonyl (C=O) groups is 1. The summed E-state index contributed by atoms with van der Waals surface area (Å²) >= 11 is 0. The van der Waals surface area contributed by atoms with Crippen molar-refractivity contribution in [3.8, 4) is 11.6 Å². The Morgan fingerprint density at radius 3 is 2.61 bits per heavy atom. The summed E-state index contributed by atoms with van der Waals surface area (Å²) in [6.07, 6.45) is -0.189. The molecule has 0 radical (unpaired) electrons. The largest absolute Gasteiger partial charge is 0.416 e. The maximum atomic E-state index is 13.6. The van der Waals surface area contributed by atoms with Gasteiger partial charge in [-0.3, -0.25) is 4.79 Å². The number of hydrogen-bond acceptors (Lipinski definition) is 5. The number of piperidine rings is 1. The highest BCUT2D eigenvalue weighted by molar-refractivity contribution is 5.96. The standard InChI is InChI=1S/C22H20F4N6O/c1-2-14-15(6-4-7-16(14)22(24,25)26)21(33)32-13-5-3-8-17(32)19-29-30-20(31(19)11-13)18-27-9-12(23)10-28-18/h4,6-7,9-10,13,17H,2-3,5,8,11H2,1H3. The number of amides is 1. The maximum Gasteiger partial charge on any atom is 0.416 e. The second-order valence-corrected chi connectivity index (χ2v) is 8.21. The first kappa shape index (κ1) is 21.5. The molecule has 1 fully saturated rings. The van der Waals surface area contributed by atoms with Gasteiger partial charge in [-0.15, -0.1) is 10.2 Å². The van der Waals surface area contributed by atoms with Crippen LogP contribution >= 0.6 is 0 Å². The van der Waals surface area contributed by atoms with E-state index in [2.05, 4.69) is 20.2 Å². The Morgan fingerprint density at radius 2 is 1.91 bits per heavy atom. The zero-order valence-electron chi connectivity index (χ0n) is 17.7. The Balaban J connectivity index is 1.55. The van der Waals surface area contributed by atoms with Crippen molar-refractivity contribution >= 4 is 5.91 Å². The van der Waals surface area contributed by atoms with Gasteiger partial charge in [-0.1, -0.05) is 13.0 Å². The van der Waals surface area contributed by atoms with E-state index in [4.69, 9.17) is 0 Å². The summed E-state index contributed by atoms with van der Waals surface area (Å²) in [6.45, 7) is 1.98. The first-order chi connectivity index (χ1) is 15.8. The molecule has 2 bridgehead atoms. The van der Waals surface area contributed by atoms with Gasteiger partial charge in [0.2, 0.25) is 5.82 Å². The predicted octanol–water partition coefficient (Wildman–Crippen LogP) is 4.21. The number of hydrogen-bond donors (Lipinski definition) is 0. The Bertz CT molecular complexity index is 1210. The van der Waals surface area contributed by atoms with Crippen LogP contribution in [0.15, 0.2) is 30.6 Å².